The van der Waals surface area contributed by atoms with Crippen molar-refractivity contribution in [3.05, 3.63) is 42.2 Å². The van der Waals surface area contributed by atoms with E-state index in [1.54, 1.807) is 11.6 Å². The fourth-order valence-electron chi connectivity index (χ4n) is 1.90. The van der Waals surface area contributed by atoms with E-state index in [4.69, 9.17) is 5.11 Å². The Morgan fingerprint density at radius 2 is 1.95 bits per heavy atom. The van der Waals surface area contributed by atoms with Crippen LogP contribution in [0.1, 0.15) is 10.5 Å². The number of benzene rings is 1. The Labute approximate surface area is 108 Å². The van der Waals surface area contributed by atoms with E-state index >= 15 is 0 Å². The van der Waals surface area contributed by atoms with Crippen molar-refractivity contribution in [2.75, 3.05) is 0 Å². The molecule has 1 N–H and O–H groups in total. The summed E-state index contributed by atoms with van der Waals surface area (Å²) in [4.78, 5) is 23.4. The van der Waals surface area contributed by atoms with Gasteiger partial charge in [-0.05, 0) is 0 Å². The molecule has 0 bridgehead atoms. The number of carboxylic acid groups (broad SMARTS) is 1. The van der Waals surface area contributed by atoms with Crippen molar-refractivity contribution >= 4 is 17.3 Å². The van der Waals surface area contributed by atoms with E-state index in [9.17, 15) is 4.79 Å². The van der Waals surface area contributed by atoms with Gasteiger partial charge in [0.2, 0.25) is 0 Å². The third-order valence-electron chi connectivity index (χ3n) is 2.83. The Morgan fingerprint density at radius 3 is 2.63 bits per heavy atom. The number of rotatable bonds is 2. The fraction of sp³-hybridized carbons (Fsp3) is 0.0769. The van der Waals surface area contributed by atoms with Gasteiger partial charge < -0.3 is 9.67 Å². The number of fused-ring (bicyclic) bond motifs is 1. The number of hydrogen-bond donors (Lipinski definition) is 1. The molecule has 0 aliphatic carbocycles. The van der Waals surface area contributed by atoms with Gasteiger partial charge in [-0.3, -0.25) is 0 Å². The van der Waals surface area contributed by atoms with Crippen LogP contribution in [0.3, 0.4) is 0 Å². The molecule has 0 fully saturated rings. The molecule has 0 amide bonds. The highest BCUT2D eigenvalue weighted by atomic mass is 16.4. The molecule has 0 saturated heterocycles. The third-order valence-corrected chi connectivity index (χ3v) is 2.83. The molecule has 2 heterocycles. The lowest BCUT2D eigenvalue weighted by Gasteiger charge is -2.01. The number of carbonyl (C=O) groups is 1. The number of imidazole rings is 1. The van der Waals surface area contributed by atoms with Gasteiger partial charge in [0.05, 0.1) is 6.20 Å². The zero-order valence-corrected chi connectivity index (χ0v) is 10.1. The maximum atomic E-state index is 10.9. The number of aryl methyl sites for hydroxylation is 1. The molecule has 3 aromatic rings. The molecule has 0 unspecified atom stereocenters. The third kappa shape index (κ3) is 1.83. The van der Waals surface area contributed by atoms with Crippen LogP contribution in [0.2, 0.25) is 0 Å². The van der Waals surface area contributed by atoms with E-state index in [0.717, 1.165) is 5.56 Å². The van der Waals surface area contributed by atoms with E-state index in [-0.39, 0.29) is 5.69 Å². The molecule has 1 aromatic carbocycles. The van der Waals surface area contributed by atoms with Gasteiger partial charge in [-0.1, -0.05) is 30.3 Å². The van der Waals surface area contributed by atoms with Gasteiger partial charge in [0.25, 0.3) is 0 Å². The fourth-order valence-corrected chi connectivity index (χ4v) is 1.90. The summed E-state index contributed by atoms with van der Waals surface area (Å²) < 4.78 is 1.74. The minimum Gasteiger partial charge on any atom is -0.476 e. The summed E-state index contributed by atoms with van der Waals surface area (Å²) in [5.74, 6) is -0.394. The first-order valence-electron chi connectivity index (χ1n) is 5.65. The monoisotopic (exact) mass is 254 g/mol. The van der Waals surface area contributed by atoms with Crippen LogP contribution in [0.25, 0.3) is 22.7 Å². The zero-order valence-electron chi connectivity index (χ0n) is 10.1. The van der Waals surface area contributed by atoms with Gasteiger partial charge in [0, 0.05) is 12.6 Å². The molecular weight excluding hydrogens is 244 g/mol. The second-order valence-electron chi connectivity index (χ2n) is 4.07. The van der Waals surface area contributed by atoms with Crippen LogP contribution in [0.15, 0.2) is 36.5 Å². The van der Waals surface area contributed by atoms with Crippen LogP contribution in [0, 0.1) is 0 Å². The van der Waals surface area contributed by atoms with E-state index in [1.807, 2.05) is 30.3 Å². The highest BCUT2D eigenvalue weighted by molar-refractivity contribution is 5.87. The lowest BCUT2D eigenvalue weighted by Crippen LogP contribution is -2.03. The lowest BCUT2D eigenvalue weighted by atomic mass is 10.2. The van der Waals surface area contributed by atoms with Gasteiger partial charge in [-0.2, -0.15) is 0 Å². The minimum absolute atomic E-state index is 0.0879. The molecule has 3 rings (SSSR count). The minimum atomic E-state index is -1.10. The summed E-state index contributed by atoms with van der Waals surface area (Å²) in [5, 5.41) is 8.93. The molecule has 94 valence electrons. The Morgan fingerprint density at radius 1 is 1.21 bits per heavy atom. The molecule has 0 atom stereocenters. The maximum absolute atomic E-state index is 10.9. The Kier molecular flexibility index (Phi) is 2.49. The van der Waals surface area contributed by atoms with Crippen molar-refractivity contribution in [3.8, 4) is 11.4 Å². The highest BCUT2D eigenvalue weighted by Crippen LogP contribution is 2.21. The van der Waals surface area contributed by atoms with E-state index < -0.39 is 5.97 Å². The Bertz CT molecular complexity index is 765. The van der Waals surface area contributed by atoms with Crippen LogP contribution < -0.4 is 0 Å². The highest BCUT2D eigenvalue weighted by Gasteiger charge is 2.14. The summed E-state index contributed by atoms with van der Waals surface area (Å²) in [7, 11) is 1.79. The van der Waals surface area contributed by atoms with Crippen molar-refractivity contribution in [3.63, 3.8) is 0 Å². The molecule has 2 aromatic heterocycles. The normalized spacial score (nSPS) is 10.8. The number of aromatic nitrogens is 4. The van der Waals surface area contributed by atoms with Crippen LogP contribution >= 0.6 is 0 Å². The largest absolute Gasteiger partial charge is 0.476 e. The second kappa shape index (κ2) is 4.16. The van der Waals surface area contributed by atoms with Gasteiger partial charge >= 0.3 is 5.97 Å². The molecule has 6 heteroatoms. The molecule has 0 radical (unpaired) electrons. The van der Waals surface area contributed by atoms with Gasteiger partial charge in [0.1, 0.15) is 5.82 Å². The van der Waals surface area contributed by atoms with Gasteiger partial charge in [-0.15, -0.1) is 0 Å². The van der Waals surface area contributed by atoms with Crippen molar-refractivity contribution in [2.24, 2.45) is 7.05 Å². The molecular formula is C13H10N4O2. The molecule has 6 nitrogen and oxygen atoms in total. The zero-order chi connectivity index (χ0) is 13.4. The molecule has 0 aliphatic heterocycles. The van der Waals surface area contributed by atoms with E-state index in [1.165, 1.54) is 6.20 Å². The van der Waals surface area contributed by atoms with Gasteiger partial charge in [-0.25, -0.2) is 19.7 Å². The average Bonchev–Trinajstić information content (AvgIpc) is 2.77. The maximum Gasteiger partial charge on any atom is 0.356 e. The van der Waals surface area contributed by atoms with Crippen LogP contribution in [0.4, 0.5) is 0 Å². The number of aromatic carboxylic acids is 1. The van der Waals surface area contributed by atoms with E-state index in [0.29, 0.717) is 17.1 Å². The smallest absolute Gasteiger partial charge is 0.356 e. The second-order valence-corrected chi connectivity index (χ2v) is 4.07. The summed E-state index contributed by atoms with van der Waals surface area (Å²) >= 11 is 0. The average molecular weight is 254 g/mol. The molecule has 0 saturated carbocycles. The topological polar surface area (TPSA) is 80.9 Å². The SMILES string of the molecule is Cn1c(-c2ccccc2)nc2ncc(C(=O)O)nc21. The van der Waals surface area contributed by atoms with E-state index in [2.05, 4.69) is 15.0 Å². The number of nitrogens with zero attached hydrogens (tertiary/aromatic N) is 4. The quantitative estimate of drug-likeness (QED) is 0.753. The summed E-state index contributed by atoms with van der Waals surface area (Å²) in [6.45, 7) is 0. The van der Waals surface area contributed by atoms with Crippen molar-refractivity contribution in [2.45, 2.75) is 0 Å². The lowest BCUT2D eigenvalue weighted by molar-refractivity contribution is 0.0690. The molecule has 0 aliphatic rings. The summed E-state index contributed by atoms with van der Waals surface area (Å²) in [5.41, 5.74) is 1.74. The standard InChI is InChI=1S/C13H10N4O2/c1-17-11(8-5-3-2-4-6-8)16-10-12(17)15-9(7-14-10)13(18)19/h2-7H,1H3,(H,18,19). The van der Waals surface area contributed by atoms with Crippen LogP contribution in [-0.4, -0.2) is 30.6 Å². The van der Waals surface area contributed by atoms with Crippen molar-refractivity contribution < 1.29 is 9.90 Å². The number of hydrogen-bond acceptors (Lipinski definition) is 4. The van der Waals surface area contributed by atoms with Gasteiger partial charge in [0.15, 0.2) is 17.0 Å². The van der Waals surface area contributed by atoms with Crippen LogP contribution in [0.5, 0.6) is 0 Å². The summed E-state index contributed by atoms with van der Waals surface area (Å²) in [6, 6.07) is 9.61. The van der Waals surface area contributed by atoms with Crippen molar-refractivity contribution in [1.82, 2.24) is 19.5 Å². The van der Waals surface area contributed by atoms with Crippen LogP contribution in [-0.2, 0) is 7.05 Å². The van der Waals surface area contributed by atoms with Crippen molar-refractivity contribution in [1.29, 1.82) is 0 Å². The molecule has 19 heavy (non-hydrogen) atoms. The first kappa shape index (κ1) is 11.3. The Balaban J connectivity index is 2.24. The number of carboxylic acids is 1. The Hall–Kier alpha value is -2.76. The first-order valence-corrected chi connectivity index (χ1v) is 5.65. The molecule has 0 spiro atoms. The summed E-state index contributed by atoms with van der Waals surface area (Å²) in [6.07, 6.45) is 1.21. The predicted octanol–water partition coefficient (Wildman–Crippen LogP) is 1.73. The first-order chi connectivity index (χ1) is 9.16. The predicted molar refractivity (Wildman–Crippen MR) is 68.7 cm³/mol.